The number of carboxylic acids is 1. The number of carboxylic acid groups (broad SMARTS) is 1. The Morgan fingerprint density at radius 3 is 2.43 bits per heavy atom. The van der Waals surface area contributed by atoms with Gasteiger partial charge in [0.05, 0.1) is 17.7 Å². The highest BCUT2D eigenvalue weighted by molar-refractivity contribution is 6.04. The summed E-state index contributed by atoms with van der Waals surface area (Å²) in [4.78, 5) is 37.6. The first-order valence-electron chi connectivity index (χ1n) is 9.44. The Morgan fingerprint density at radius 2 is 1.82 bits per heavy atom. The Balaban J connectivity index is 1.57. The van der Waals surface area contributed by atoms with Crippen LogP contribution in [0.3, 0.4) is 0 Å². The summed E-state index contributed by atoms with van der Waals surface area (Å²) in [6.07, 6.45) is 5.12. The predicted molar refractivity (Wildman–Crippen MR) is 103 cm³/mol. The van der Waals surface area contributed by atoms with Crippen LogP contribution in [-0.2, 0) is 11.3 Å². The average molecular weight is 384 g/mol. The Morgan fingerprint density at radius 1 is 1.14 bits per heavy atom. The SMILES string of the molecule is CCCn1cc(C(=O)Nc2ccc(C(=O)N3CCC(C(=O)O)CC3)cc2)cn1. The Hall–Kier alpha value is -3.16. The molecule has 2 heterocycles. The van der Waals surface area contributed by atoms with Crippen molar-refractivity contribution in [2.45, 2.75) is 32.7 Å². The lowest BCUT2D eigenvalue weighted by Crippen LogP contribution is -2.40. The molecule has 0 aliphatic carbocycles. The minimum atomic E-state index is -0.799. The third kappa shape index (κ3) is 4.57. The molecule has 148 valence electrons. The molecule has 1 aromatic carbocycles. The van der Waals surface area contributed by atoms with Crippen molar-refractivity contribution in [3.8, 4) is 0 Å². The topological polar surface area (TPSA) is 105 Å². The van der Waals surface area contributed by atoms with Crippen LogP contribution in [0.5, 0.6) is 0 Å². The molecule has 1 aliphatic heterocycles. The van der Waals surface area contributed by atoms with E-state index >= 15 is 0 Å². The maximum Gasteiger partial charge on any atom is 0.306 e. The van der Waals surface area contributed by atoms with Crippen molar-refractivity contribution in [2.24, 2.45) is 5.92 Å². The van der Waals surface area contributed by atoms with Crippen molar-refractivity contribution in [2.75, 3.05) is 18.4 Å². The highest BCUT2D eigenvalue weighted by atomic mass is 16.4. The second kappa shape index (κ2) is 8.69. The van der Waals surface area contributed by atoms with Crippen LogP contribution in [0.15, 0.2) is 36.7 Å². The molecule has 28 heavy (non-hydrogen) atoms. The predicted octanol–water partition coefficient (Wildman–Crippen LogP) is 2.48. The van der Waals surface area contributed by atoms with E-state index in [1.54, 1.807) is 40.0 Å². The van der Waals surface area contributed by atoms with E-state index in [2.05, 4.69) is 10.4 Å². The first-order valence-corrected chi connectivity index (χ1v) is 9.44. The molecule has 0 unspecified atom stereocenters. The van der Waals surface area contributed by atoms with Crippen molar-refractivity contribution in [3.05, 3.63) is 47.8 Å². The number of carbonyl (C=O) groups is 3. The molecule has 1 saturated heterocycles. The van der Waals surface area contributed by atoms with Crippen LogP contribution in [-0.4, -0.2) is 50.7 Å². The molecule has 2 N–H and O–H groups in total. The van der Waals surface area contributed by atoms with E-state index in [1.807, 2.05) is 6.92 Å². The number of rotatable bonds is 6. The Kier molecular flexibility index (Phi) is 6.08. The number of benzene rings is 1. The average Bonchev–Trinajstić information content (AvgIpc) is 3.17. The zero-order chi connectivity index (χ0) is 20.1. The van der Waals surface area contributed by atoms with E-state index in [9.17, 15) is 14.4 Å². The number of anilines is 1. The zero-order valence-electron chi connectivity index (χ0n) is 15.8. The van der Waals surface area contributed by atoms with Crippen LogP contribution in [0.1, 0.15) is 46.9 Å². The molecular formula is C20H24N4O4. The van der Waals surface area contributed by atoms with Crippen LogP contribution in [0.25, 0.3) is 0 Å². The number of aliphatic carboxylic acids is 1. The summed E-state index contributed by atoms with van der Waals surface area (Å²) in [5, 5.41) is 16.0. The van der Waals surface area contributed by atoms with Gasteiger partial charge in [-0.05, 0) is 43.5 Å². The molecule has 2 aromatic rings. The number of hydrogen-bond donors (Lipinski definition) is 2. The molecule has 0 radical (unpaired) electrons. The lowest BCUT2D eigenvalue weighted by Gasteiger charge is -2.30. The van der Waals surface area contributed by atoms with Crippen LogP contribution < -0.4 is 5.32 Å². The molecule has 3 rings (SSSR count). The van der Waals surface area contributed by atoms with Gasteiger partial charge in [0.25, 0.3) is 11.8 Å². The normalized spacial score (nSPS) is 14.7. The van der Waals surface area contributed by atoms with Gasteiger partial charge >= 0.3 is 5.97 Å². The molecule has 2 amide bonds. The van der Waals surface area contributed by atoms with Crippen molar-refractivity contribution in [1.82, 2.24) is 14.7 Å². The number of aromatic nitrogens is 2. The molecule has 1 aliphatic rings. The summed E-state index contributed by atoms with van der Waals surface area (Å²) >= 11 is 0. The van der Waals surface area contributed by atoms with Gasteiger partial charge in [-0.15, -0.1) is 0 Å². The fourth-order valence-electron chi connectivity index (χ4n) is 3.24. The number of amides is 2. The minimum Gasteiger partial charge on any atom is -0.481 e. The lowest BCUT2D eigenvalue weighted by atomic mass is 9.96. The molecule has 0 saturated carbocycles. The van der Waals surface area contributed by atoms with E-state index in [4.69, 9.17) is 5.11 Å². The van der Waals surface area contributed by atoms with E-state index in [-0.39, 0.29) is 17.7 Å². The van der Waals surface area contributed by atoms with E-state index in [1.165, 1.54) is 6.20 Å². The largest absolute Gasteiger partial charge is 0.481 e. The summed E-state index contributed by atoms with van der Waals surface area (Å²) in [7, 11) is 0. The van der Waals surface area contributed by atoms with Crippen molar-refractivity contribution < 1.29 is 19.5 Å². The summed E-state index contributed by atoms with van der Waals surface area (Å²) in [6, 6.07) is 6.71. The molecule has 8 heteroatoms. The quantitative estimate of drug-likeness (QED) is 0.796. The number of nitrogens with zero attached hydrogens (tertiary/aromatic N) is 3. The molecule has 8 nitrogen and oxygen atoms in total. The first-order chi connectivity index (χ1) is 13.5. The second-order valence-electron chi connectivity index (χ2n) is 6.93. The summed E-state index contributed by atoms with van der Waals surface area (Å²) < 4.78 is 1.73. The molecule has 1 fully saturated rings. The van der Waals surface area contributed by atoms with Gasteiger partial charge in [-0.3, -0.25) is 19.1 Å². The smallest absolute Gasteiger partial charge is 0.306 e. The van der Waals surface area contributed by atoms with Gasteiger partial charge in [-0.1, -0.05) is 6.92 Å². The van der Waals surface area contributed by atoms with Crippen molar-refractivity contribution >= 4 is 23.5 Å². The van der Waals surface area contributed by atoms with Crippen LogP contribution in [0.4, 0.5) is 5.69 Å². The second-order valence-corrected chi connectivity index (χ2v) is 6.93. The molecular weight excluding hydrogens is 360 g/mol. The van der Waals surface area contributed by atoms with Gasteiger partial charge in [0.1, 0.15) is 0 Å². The van der Waals surface area contributed by atoms with Gasteiger partial charge < -0.3 is 15.3 Å². The minimum absolute atomic E-state index is 0.123. The number of nitrogens with one attached hydrogen (secondary N) is 1. The van der Waals surface area contributed by atoms with Gasteiger partial charge in [0.15, 0.2) is 0 Å². The molecule has 0 bridgehead atoms. The molecule has 1 aromatic heterocycles. The van der Waals surface area contributed by atoms with Crippen LogP contribution in [0, 0.1) is 5.92 Å². The Bertz CT molecular complexity index is 851. The fourth-order valence-corrected chi connectivity index (χ4v) is 3.24. The highest BCUT2D eigenvalue weighted by Gasteiger charge is 2.27. The molecule has 0 atom stereocenters. The molecule has 0 spiro atoms. The van der Waals surface area contributed by atoms with E-state index < -0.39 is 5.97 Å². The third-order valence-electron chi connectivity index (χ3n) is 4.87. The monoisotopic (exact) mass is 384 g/mol. The van der Waals surface area contributed by atoms with E-state index in [0.29, 0.717) is 42.7 Å². The zero-order valence-corrected chi connectivity index (χ0v) is 15.8. The van der Waals surface area contributed by atoms with Crippen molar-refractivity contribution in [1.29, 1.82) is 0 Å². The van der Waals surface area contributed by atoms with Crippen LogP contribution in [0.2, 0.25) is 0 Å². The summed E-state index contributed by atoms with van der Waals surface area (Å²) in [5.74, 6) is -1.55. The number of carbonyl (C=O) groups excluding carboxylic acids is 2. The highest BCUT2D eigenvalue weighted by Crippen LogP contribution is 2.20. The third-order valence-corrected chi connectivity index (χ3v) is 4.87. The fraction of sp³-hybridized carbons (Fsp3) is 0.400. The Labute approximate surface area is 163 Å². The van der Waals surface area contributed by atoms with Crippen molar-refractivity contribution in [3.63, 3.8) is 0 Å². The number of hydrogen-bond acceptors (Lipinski definition) is 4. The summed E-state index contributed by atoms with van der Waals surface area (Å²) in [6.45, 7) is 3.68. The van der Waals surface area contributed by atoms with Gasteiger partial charge in [-0.2, -0.15) is 5.10 Å². The standard InChI is InChI=1S/C20H24N4O4/c1-2-9-24-13-16(12-21-24)18(25)22-17-5-3-14(4-6-17)19(26)23-10-7-15(8-11-23)20(27)28/h3-6,12-13,15H,2,7-11H2,1H3,(H,22,25)(H,27,28). The van der Waals surface area contributed by atoms with Crippen LogP contribution >= 0.6 is 0 Å². The first kappa shape index (κ1) is 19.6. The lowest BCUT2D eigenvalue weighted by molar-refractivity contribution is -0.143. The maximum absolute atomic E-state index is 12.6. The van der Waals surface area contributed by atoms with Gasteiger partial charge in [-0.25, -0.2) is 0 Å². The number of piperidine rings is 1. The van der Waals surface area contributed by atoms with Gasteiger partial charge in [0, 0.05) is 37.1 Å². The van der Waals surface area contributed by atoms with E-state index in [0.717, 1.165) is 13.0 Å². The number of likely N-dealkylation sites (tertiary alicyclic amines) is 1. The number of aryl methyl sites for hydroxylation is 1. The summed E-state index contributed by atoms with van der Waals surface area (Å²) in [5.41, 5.74) is 1.59. The maximum atomic E-state index is 12.6. The van der Waals surface area contributed by atoms with Gasteiger partial charge in [0.2, 0.25) is 0 Å².